The van der Waals surface area contributed by atoms with Crippen LogP contribution in [0.1, 0.15) is 44.5 Å². The summed E-state index contributed by atoms with van der Waals surface area (Å²) in [6, 6.07) is 17.2. The van der Waals surface area contributed by atoms with Gasteiger partial charge in [-0.15, -0.1) is 0 Å². The lowest BCUT2D eigenvalue weighted by molar-refractivity contribution is 0.627. The second-order valence-electron chi connectivity index (χ2n) is 11.2. The Morgan fingerprint density at radius 2 is 1.31 bits per heavy atom. The van der Waals surface area contributed by atoms with Crippen molar-refractivity contribution < 1.29 is 0 Å². The van der Waals surface area contributed by atoms with E-state index in [-0.39, 0.29) is 10.8 Å². The van der Waals surface area contributed by atoms with Gasteiger partial charge in [0.1, 0.15) is 0 Å². The third-order valence-electron chi connectivity index (χ3n) is 7.30. The monoisotopic (exact) mass is 460 g/mol. The van der Waals surface area contributed by atoms with Gasteiger partial charge < -0.3 is 9.47 Å². The second kappa shape index (κ2) is 8.61. The van der Waals surface area contributed by atoms with Crippen molar-refractivity contribution in [1.82, 2.24) is 4.57 Å². The molecule has 0 fully saturated rings. The average molecular weight is 461 g/mol. The fraction of sp³-hybridized carbons (Fsp3) is 0.273. The minimum absolute atomic E-state index is 0.139. The number of aryl methyl sites for hydroxylation is 1. The number of anilines is 1. The highest BCUT2D eigenvalue weighted by molar-refractivity contribution is 5.94. The molecule has 35 heavy (non-hydrogen) atoms. The smallest absolute Gasteiger partial charge is 0.0488 e. The average Bonchev–Trinajstić information content (AvgIpc) is 2.92. The summed E-state index contributed by atoms with van der Waals surface area (Å²) in [7, 11) is 4.30. The van der Waals surface area contributed by atoms with E-state index in [1.54, 1.807) is 0 Å². The van der Waals surface area contributed by atoms with Crippen LogP contribution in [0, 0.1) is 10.8 Å². The van der Waals surface area contributed by atoms with Gasteiger partial charge in [-0.3, -0.25) is 0 Å². The van der Waals surface area contributed by atoms with Crippen molar-refractivity contribution in [3.05, 3.63) is 107 Å². The third kappa shape index (κ3) is 4.46. The van der Waals surface area contributed by atoms with Crippen LogP contribution in [0.3, 0.4) is 0 Å². The highest BCUT2D eigenvalue weighted by Crippen LogP contribution is 2.38. The Kier molecular flexibility index (Phi) is 5.71. The minimum Gasteiger partial charge on any atom is -0.370 e. The summed E-state index contributed by atoms with van der Waals surface area (Å²) >= 11 is 0. The zero-order valence-electron chi connectivity index (χ0n) is 21.8. The van der Waals surface area contributed by atoms with Gasteiger partial charge in [0.05, 0.1) is 0 Å². The van der Waals surface area contributed by atoms with Crippen LogP contribution in [0.15, 0.2) is 90.6 Å². The van der Waals surface area contributed by atoms with E-state index in [2.05, 4.69) is 148 Å². The van der Waals surface area contributed by atoms with Gasteiger partial charge in [0.15, 0.2) is 0 Å². The van der Waals surface area contributed by atoms with Crippen LogP contribution in [0.5, 0.6) is 0 Å². The number of para-hydroxylation sites is 2. The molecule has 1 aliphatic heterocycles. The van der Waals surface area contributed by atoms with Crippen molar-refractivity contribution in [3.8, 4) is 0 Å². The van der Waals surface area contributed by atoms with Crippen LogP contribution in [0.2, 0.25) is 0 Å². The SMILES string of the molecule is CN1CC2=C(C=CC(C)(C)C=C2)c2ccccc21.Cn1c2c(c3ccccc31)C=CC(C)(C)C=C2. The third-order valence-corrected chi connectivity index (χ3v) is 7.30. The van der Waals surface area contributed by atoms with Gasteiger partial charge in [-0.2, -0.15) is 0 Å². The van der Waals surface area contributed by atoms with Crippen LogP contribution in [-0.2, 0) is 7.05 Å². The molecule has 2 heteroatoms. The molecule has 3 aromatic rings. The maximum Gasteiger partial charge on any atom is 0.0488 e. The summed E-state index contributed by atoms with van der Waals surface area (Å²) in [6.45, 7) is 9.94. The van der Waals surface area contributed by atoms with Crippen molar-refractivity contribution in [1.29, 1.82) is 0 Å². The van der Waals surface area contributed by atoms with Gasteiger partial charge in [0.2, 0.25) is 0 Å². The van der Waals surface area contributed by atoms with Gasteiger partial charge in [-0.1, -0.05) is 107 Å². The normalized spacial score (nSPS) is 18.9. The van der Waals surface area contributed by atoms with Crippen LogP contribution >= 0.6 is 0 Å². The van der Waals surface area contributed by atoms with Crippen molar-refractivity contribution in [2.75, 3.05) is 18.5 Å². The molecule has 0 atom stereocenters. The fourth-order valence-corrected chi connectivity index (χ4v) is 5.11. The Morgan fingerprint density at radius 1 is 0.686 bits per heavy atom. The molecule has 2 aliphatic carbocycles. The molecule has 0 bridgehead atoms. The Labute approximate surface area is 210 Å². The molecular formula is C33H36N2. The quantitative estimate of drug-likeness (QED) is 0.328. The number of aromatic nitrogens is 1. The van der Waals surface area contributed by atoms with Crippen LogP contribution in [0.25, 0.3) is 28.6 Å². The van der Waals surface area contributed by atoms with Crippen LogP contribution in [0.4, 0.5) is 5.69 Å². The molecule has 2 nitrogen and oxygen atoms in total. The first kappa shape index (κ1) is 23.2. The zero-order valence-corrected chi connectivity index (χ0v) is 21.8. The second-order valence-corrected chi connectivity index (χ2v) is 11.2. The van der Waals surface area contributed by atoms with Crippen molar-refractivity contribution in [2.45, 2.75) is 27.7 Å². The first-order valence-electron chi connectivity index (χ1n) is 12.5. The van der Waals surface area contributed by atoms with E-state index in [0.29, 0.717) is 0 Å². The molecule has 0 unspecified atom stereocenters. The first-order chi connectivity index (χ1) is 16.7. The summed E-state index contributed by atoms with van der Waals surface area (Å²) < 4.78 is 2.27. The van der Waals surface area contributed by atoms with Crippen LogP contribution in [-0.4, -0.2) is 18.2 Å². The summed E-state index contributed by atoms with van der Waals surface area (Å²) in [6.07, 6.45) is 18.2. The van der Waals surface area contributed by atoms with E-state index in [4.69, 9.17) is 0 Å². The van der Waals surface area contributed by atoms with Gasteiger partial charge in [0.25, 0.3) is 0 Å². The lowest BCUT2D eigenvalue weighted by Gasteiger charge is -2.29. The molecule has 0 saturated carbocycles. The minimum atomic E-state index is 0.139. The van der Waals surface area contributed by atoms with E-state index in [1.165, 1.54) is 44.6 Å². The summed E-state index contributed by atoms with van der Waals surface area (Å²) in [5, 5.41) is 1.34. The molecular weight excluding hydrogens is 424 g/mol. The summed E-state index contributed by atoms with van der Waals surface area (Å²) in [4.78, 5) is 2.32. The van der Waals surface area contributed by atoms with Gasteiger partial charge in [0, 0.05) is 64.9 Å². The number of likely N-dealkylation sites (N-methyl/N-ethyl adjacent to an activating group) is 1. The molecule has 2 aromatic carbocycles. The number of rotatable bonds is 0. The standard InChI is InChI=1S/C17H19N.C16H17N/c1-17(2)10-8-13-12-18(3)16-7-5-4-6-15(16)14(13)9-11-17;1-16(2)10-8-13-12-6-4-5-7-14(12)17(3)15(13)9-11-16/h4-11H,12H2,1-3H3;4-11H,1-3H3. The Balaban J connectivity index is 0.000000145. The molecule has 178 valence electrons. The first-order valence-corrected chi connectivity index (χ1v) is 12.5. The number of allylic oxidation sites excluding steroid dienone is 6. The van der Waals surface area contributed by atoms with Gasteiger partial charge in [-0.05, 0) is 29.4 Å². The Hall–Kier alpha value is -3.52. The molecule has 6 rings (SSSR count). The maximum atomic E-state index is 2.32. The van der Waals surface area contributed by atoms with Crippen LogP contribution < -0.4 is 4.90 Å². The van der Waals surface area contributed by atoms with Gasteiger partial charge in [-0.25, -0.2) is 0 Å². The van der Waals surface area contributed by atoms with E-state index in [9.17, 15) is 0 Å². The van der Waals surface area contributed by atoms with E-state index in [0.717, 1.165) is 6.54 Å². The van der Waals surface area contributed by atoms with E-state index in [1.807, 2.05) is 0 Å². The van der Waals surface area contributed by atoms with E-state index < -0.39 is 0 Å². The lowest BCUT2D eigenvalue weighted by Crippen LogP contribution is -2.24. The number of nitrogens with zero attached hydrogens (tertiary/aromatic N) is 2. The Morgan fingerprint density at radius 3 is 2.11 bits per heavy atom. The number of fused-ring (bicyclic) bond motifs is 5. The topological polar surface area (TPSA) is 8.17 Å². The molecule has 0 saturated heterocycles. The summed E-state index contributed by atoms with van der Waals surface area (Å²) in [5.41, 5.74) is 9.69. The highest BCUT2D eigenvalue weighted by atomic mass is 15.1. The molecule has 0 amide bonds. The zero-order chi connectivity index (χ0) is 24.8. The highest BCUT2D eigenvalue weighted by Gasteiger charge is 2.22. The number of hydrogen-bond acceptors (Lipinski definition) is 1. The molecule has 1 aromatic heterocycles. The van der Waals surface area contributed by atoms with E-state index >= 15 is 0 Å². The molecule has 3 aliphatic rings. The largest absolute Gasteiger partial charge is 0.370 e. The van der Waals surface area contributed by atoms with Gasteiger partial charge >= 0.3 is 0 Å². The van der Waals surface area contributed by atoms with Crippen molar-refractivity contribution in [3.63, 3.8) is 0 Å². The van der Waals surface area contributed by atoms with Crippen molar-refractivity contribution >= 4 is 34.3 Å². The molecule has 0 spiro atoms. The number of benzene rings is 2. The van der Waals surface area contributed by atoms with Crippen molar-refractivity contribution in [2.24, 2.45) is 17.9 Å². The predicted octanol–water partition coefficient (Wildman–Crippen LogP) is 8.29. The molecule has 0 radical (unpaired) electrons. The maximum absolute atomic E-state index is 2.32. The lowest BCUT2D eigenvalue weighted by atomic mass is 9.92. The number of hydrogen-bond donors (Lipinski definition) is 0. The fourth-order valence-electron chi connectivity index (χ4n) is 5.11. The molecule has 2 heterocycles. The molecule has 0 N–H and O–H groups in total. The Bertz CT molecular complexity index is 1430. The predicted molar refractivity (Wildman–Crippen MR) is 153 cm³/mol. The summed E-state index contributed by atoms with van der Waals surface area (Å²) in [5.74, 6) is 0.